The number of aliphatic carboxylic acids is 1. The van der Waals surface area contributed by atoms with Crippen molar-refractivity contribution in [1.29, 1.82) is 0 Å². The molecule has 3 N–H and O–H groups in total. The lowest BCUT2D eigenvalue weighted by Crippen LogP contribution is -2.28. The lowest BCUT2D eigenvalue weighted by molar-refractivity contribution is -0.139. The number of carboxylic acid groups (broad SMARTS) is 1. The molecule has 0 amide bonds. The Bertz CT molecular complexity index is 774. The number of hydrogen-bond donors (Lipinski definition) is 3. The number of aliphatic hydroxyl groups excluding tert-OH is 1. The van der Waals surface area contributed by atoms with Crippen LogP contribution in [0.3, 0.4) is 0 Å². The average Bonchev–Trinajstić information content (AvgIpc) is 2.59. The van der Waals surface area contributed by atoms with Crippen molar-refractivity contribution in [2.24, 2.45) is 0 Å². The van der Waals surface area contributed by atoms with Crippen LogP contribution in [-0.4, -0.2) is 37.8 Å². The van der Waals surface area contributed by atoms with Gasteiger partial charge < -0.3 is 14.9 Å². The zero-order valence-corrected chi connectivity index (χ0v) is 13.4. The van der Waals surface area contributed by atoms with Crippen LogP contribution in [0, 0.1) is 0 Å². The quantitative estimate of drug-likeness (QED) is 0.658. The van der Waals surface area contributed by atoms with E-state index in [1.807, 2.05) is 0 Å². The van der Waals surface area contributed by atoms with Crippen molar-refractivity contribution in [2.45, 2.75) is 11.0 Å². The molecular formula is C16H17NO6S. The largest absolute Gasteiger partial charge is 0.482 e. The van der Waals surface area contributed by atoms with E-state index in [0.717, 1.165) is 0 Å². The summed E-state index contributed by atoms with van der Waals surface area (Å²) in [7, 11) is -3.69. The van der Waals surface area contributed by atoms with Crippen molar-refractivity contribution in [2.75, 3.05) is 13.2 Å². The molecule has 128 valence electrons. The Morgan fingerprint density at radius 2 is 1.71 bits per heavy atom. The van der Waals surface area contributed by atoms with Gasteiger partial charge in [0.2, 0.25) is 10.0 Å². The van der Waals surface area contributed by atoms with Gasteiger partial charge in [0.15, 0.2) is 6.61 Å². The SMILES string of the molecule is O=C(O)COc1ccc(C(O)CNS(=O)(=O)c2ccccc2)cc1. The van der Waals surface area contributed by atoms with Crippen LogP contribution in [0.5, 0.6) is 5.75 Å². The van der Waals surface area contributed by atoms with Crippen LogP contribution in [0.15, 0.2) is 59.5 Å². The summed E-state index contributed by atoms with van der Waals surface area (Å²) < 4.78 is 31.5. The Labute approximate surface area is 139 Å². The van der Waals surface area contributed by atoms with E-state index in [-0.39, 0.29) is 11.4 Å². The molecular weight excluding hydrogens is 334 g/mol. The van der Waals surface area contributed by atoms with Gasteiger partial charge in [-0.05, 0) is 29.8 Å². The minimum Gasteiger partial charge on any atom is -0.482 e. The Balaban J connectivity index is 1.95. The van der Waals surface area contributed by atoms with Gasteiger partial charge in [-0.3, -0.25) is 0 Å². The van der Waals surface area contributed by atoms with Crippen LogP contribution in [0.1, 0.15) is 11.7 Å². The molecule has 0 aliphatic carbocycles. The highest BCUT2D eigenvalue weighted by atomic mass is 32.2. The molecule has 0 heterocycles. The fourth-order valence-corrected chi connectivity index (χ4v) is 2.98. The van der Waals surface area contributed by atoms with Gasteiger partial charge in [-0.15, -0.1) is 0 Å². The molecule has 0 bridgehead atoms. The minimum atomic E-state index is -3.69. The molecule has 8 heteroatoms. The highest BCUT2D eigenvalue weighted by Crippen LogP contribution is 2.18. The molecule has 0 spiro atoms. The summed E-state index contributed by atoms with van der Waals surface area (Å²) in [6.07, 6.45) is -1.04. The summed E-state index contributed by atoms with van der Waals surface area (Å²) in [4.78, 5) is 10.5. The van der Waals surface area contributed by atoms with Crippen LogP contribution in [-0.2, 0) is 14.8 Å². The standard InChI is InChI=1S/C16H17NO6S/c18-15(10-17-24(21,22)14-4-2-1-3-5-14)12-6-8-13(9-7-12)23-11-16(19)20/h1-9,15,17-18H,10-11H2,(H,19,20). The number of hydrogen-bond acceptors (Lipinski definition) is 5. The van der Waals surface area contributed by atoms with Gasteiger partial charge in [0.25, 0.3) is 0 Å². The molecule has 0 saturated heterocycles. The number of aliphatic hydroxyl groups is 1. The molecule has 0 radical (unpaired) electrons. The summed E-state index contributed by atoms with van der Waals surface area (Å²) in [6, 6.07) is 14.0. The summed E-state index contributed by atoms with van der Waals surface area (Å²) >= 11 is 0. The van der Waals surface area contributed by atoms with E-state index in [0.29, 0.717) is 11.3 Å². The third kappa shape index (κ3) is 5.05. The number of sulfonamides is 1. The number of nitrogens with one attached hydrogen (secondary N) is 1. The van der Waals surface area contributed by atoms with Gasteiger partial charge in [-0.2, -0.15) is 0 Å². The third-order valence-electron chi connectivity index (χ3n) is 3.15. The predicted molar refractivity (Wildman–Crippen MR) is 86.2 cm³/mol. The Morgan fingerprint density at radius 1 is 1.08 bits per heavy atom. The first-order chi connectivity index (χ1) is 11.4. The van der Waals surface area contributed by atoms with Gasteiger partial charge in [-0.1, -0.05) is 30.3 Å². The van der Waals surface area contributed by atoms with Gasteiger partial charge in [0.05, 0.1) is 11.0 Å². The molecule has 1 atom stereocenters. The maximum Gasteiger partial charge on any atom is 0.341 e. The van der Waals surface area contributed by atoms with Gasteiger partial charge in [0.1, 0.15) is 5.75 Å². The molecule has 0 fully saturated rings. The molecule has 1 unspecified atom stereocenters. The molecule has 0 aliphatic heterocycles. The van der Waals surface area contributed by atoms with E-state index < -0.39 is 28.7 Å². The van der Waals surface area contributed by atoms with E-state index in [2.05, 4.69) is 4.72 Å². The lowest BCUT2D eigenvalue weighted by Gasteiger charge is -2.13. The number of rotatable bonds is 8. The molecule has 0 saturated carbocycles. The van der Waals surface area contributed by atoms with Crippen molar-refractivity contribution in [3.63, 3.8) is 0 Å². The molecule has 2 rings (SSSR count). The summed E-state index contributed by atoms with van der Waals surface area (Å²) in [5.74, 6) is -0.743. The number of ether oxygens (including phenoxy) is 1. The summed E-state index contributed by atoms with van der Waals surface area (Å²) in [5.41, 5.74) is 0.480. The molecule has 2 aromatic carbocycles. The lowest BCUT2D eigenvalue weighted by atomic mass is 10.1. The van der Waals surface area contributed by atoms with Gasteiger partial charge >= 0.3 is 5.97 Å². The Hall–Kier alpha value is -2.42. The van der Waals surface area contributed by atoms with E-state index >= 15 is 0 Å². The predicted octanol–water partition coefficient (Wildman–Crippen LogP) is 1.16. The second kappa shape index (κ2) is 7.91. The maximum absolute atomic E-state index is 12.1. The van der Waals surface area contributed by atoms with Crippen LogP contribution < -0.4 is 9.46 Å². The monoisotopic (exact) mass is 351 g/mol. The smallest absolute Gasteiger partial charge is 0.341 e. The van der Waals surface area contributed by atoms with E-state index in [9.17, 15) is 18.3 Å². The first-order valence-corrected chi connectivity index (χ1v) is 8.54. The fourth-order valence-electron chi connectivity index (χ4n) is 1.92. The second-order valence-corrected chi connectivity index (χ2v) is 6.70. The van der Waals surface area contributed by atoms with Crippen LogP contribution in [0.2, 0.25) is 0 Å². The van der Waals surface area contributed by atoms with Crippen molar-refractivity contribution in [1.82, 2.24) is 4.72 Å². The van der Waals surface area contributed by atoms with Crippen LogP contribution in [0.4, 0.5) is 0 Å². The normalized spacial score (nSPS) is 12.5. The number of carboxylic acids is 1. The highest BCUT2D eigenvalue weighted by Gasteiger charge is 2.16. The first-order valence-electron chi connectivity index (χ1n) is 7.06. The minimum absolute atomic E-state index is 0.120. The van der Waals surface area contributed by atoms with Crippen molar-refractivity contribution in [3.05, 3.63) is 60.2 Å². The zero-order valence-electron chi connectivity index (χ0n) is 12.6. The van der Waals surface area contributed by atoms with E-state index in [1.165, 1.54) is 24.3 Å². The summed E-state index contributed by atoms with van der Waals surface area (Å²) in [6.45, 7) is -0.647. The van der Waals surface area contributed by atoms with Gasteiger partial charge in [0, 0.05) is 6.54 Å². The number of benzene rings is 2. The molecule has 7 nitrogen and oxygen atoms in total. The summed E-state index contributed by atoms with van der Waals surface area (Å²) in [5, 5.41) is 18.6. The topological polar surface area (TPSA) is 113 Å². The van der Waals surface area contributed by atoms with Crippen molar-refractivity contribution in [3.8, 4) is 5.75 Å². The molecule has 2 aromatic rings. The Kier molecular flexibility index (Phi) is 5.91. The fraction of sp³-hybridized carbons (Fsp3) is 0.188. The average molecular weight is 351 g/mol. The highest BCUT2D eigenvalue weighted by molar-refractivity contribution is 7.89. The molecule has 0 aliphatic rings. The van der Waals surface area contributed by atoms with Crippen LogP contribution in [0.25, 0.3) is 0 Å². The maximum atomic E-state index is 12.1. The zero-order chi connectivity index (χ0) is 17.6. The van der Waals surface area contributed by atoms with E-state index in [4.69, 9.17) is 9.84 Å². The number of carbonyl (C=O) groups is 1. The van der Waals surface area contributed by atoms with Gasteiger partial charge in [-0.25, -0.2) is 17.9 Å². The van der Waals surface area contributed by atoms with Crippen molar-refractivity contribution >= 4 is 16.0 Å². The Morgan fingerprint density at radius 3 is 2.29 bits per heavy atom. The second-order valence-electron chi connectivity index (χ2n) is 4.93. The third-order valence-corrected chi connectivity index (χ3v) is 4.59. The molecule has 24 heavy (non-hydrogen) atoms. The molecule has 0 aromatic heterocycles. The van der Waals surface area contributed by atoms with Crippen LogP contribution >= 0.6 is 0 Å². The van der Waals surface area contributed by atoms with Crippen molar-refractivity contribution < 1.29 is 28.2 Å². The van der Waals surface area contributed by atoms with E-state index in [1.54, 1.807) is 30.3 Å². The first kappa shape index (κ1) is 17.9.